The van der Waals surface area contributed by atoms with Crippen LogP contribution in [0.15, 0.2) is 0 Å². The van der Waals surface area contributed by atoms with Crippen molar-refractivity contribution in [3.05, 3.63) is 0 Å². The lowest BCUT2D eigenvalue weighted by Gasteiger charge is -2.32. The fraction of sp³-hybridized carbons (Fsp3) is 1.00. The van der Waals surface area contributed by atoms with Crippen LogP contribution in [0.4, 0.5) is 0 Å². The monoisotopic (exact) mass is 176 g/mol. The lowest BCUT2D eigenvalue weighted by Crippen LogP contribution is -2.22. The predicted molar refractivity (Wildman–Crippen MR) is 47.3 cm³/mol. The van der Waals surface area contributed by atoms with E-state index in [-0.39, 0.29) is 5.41 Å². The third-order valence-corrected chi connectivity index (χ3v) is 3.79. The number of hydrogen-bond acceptors (Lipinski definition) is 1. The van der Waals surface area contributed by atoms with Crippen molar-refractivity contribution in [2.24, 2.45) is 5.41 Å². The van der Waals surface area contributed by atoms with E-state index in [9.17, 15) is 4.57 Å². The van der Waals surface area contributed by atoms with Gasteiger partial charge in [-0.2, -0.15) is 0 Å². The van der Waals surface area contributed by atoms with Gasteiger partial charge in [-0.15, -0.1) is 0 Å². The molecule has 0 aromatic carbocycles. The van der Waals surface area contributed by atoms with Crippen molar-refractivity contribution in [2.75, 3.05) is 6.16 Å². The Hall–Kier alpha value is 0.190. The van der Waals surface area contributed by atoms with Crippen LogP contribution in [0, 0.1) is 5.41 Å². The Morgan fingerprint density at radius 1 is 1.36 bits per heavy atom. The fourth-order valence-electron chi connectivity index (χ4n) is 1.95. The molecule has 0 aromatic rings. The van der Waals surface area contributed by atoms with Crippen LogP contribution >= 0.6 is 8.03 Å². The van der Waals surface area contributed by atoms with Gasteiger partial charge in [0.15, 0.2) is 8.03 Å². The first-order valence-electron chi connectivity index (χ1n) is 4.34. The molecule has 66 valence electrons. The lowest BCUT2D eigenvalue weighted by molar-refractivity contribution is 0.244. The second-order valence-electron chi connectivity index (χ2n) is 3.94. The summed E-state index contributed by atoms with van der Waals surface area (Å²) in [7, 11) is -2.24. The fourth-order valence-corrected chi connectivity index (χ4v) is 3.03. The Kier molecular flexibility index (Phi) is 3.15. The van der Waals surface area contributed by atoms with Crippen molar-refractivity contribution in [3.8, 4) is 0 Å². The van der Waals surface area contributed by atoms with Crippen LogP contribution in [-0.4, -0.2) is 11.1 Å². The van der Waals surface area contributed by atoms with E-state index < -0.39 is 8.03 Å². The van der Waals surface area contributed by atoms with E-state index >= 15 is 0 Å². The molecule has 0 radical (unpaired) electrons. The van der Waals surface area contributed by atoms with Crippen LogP contribution in [0.2, 0.25) is 0 Å². The summed E-state index contributed by atoms with van der Waals surface area (Å²) >= 11 is 0. The van der Waals surface area contributed by atoms with Crippen molar-refractivity contribution in [1.82, 2.24) is 0 Å². The zero-order chi connectivity index (χ0) is 8.32. The van der Waals surface area contributed by atoms with Gasteiger partial charge < -0.3 is 4.89 Å². The zero-order valence-electron chi connectivity index (χ0n) is 7.10. The maximum absolute atomic E-state index is 10.7. The summed E-state index contributed by atoms with van der Waals surface area (Å²) in [6.07, 6.45) is 6.62. The molecule has 1 aliphatic rings. The van der Waals surface area contributed by atoms with E-state index in [1.54, 1.807) is 0 Å². The highest BCUT2D eigenvalue weighted by atomic mass is 31.1. The first-order valence-corrected chi connectivity index (χ1v) is 5.90. The molecule has 1 aliphatic carbocycles. The molecule has 0 heterocycles. The maximum Gasteiger partial charge on any atom is 0.189 e. The van der Waals surface area contributed by atoms with Gasteiger partial charge in [-0.05, 0) is 18.3 Å². The van der Waals surface area contributed by atoms with Crippen LogP contribution in [0.5, 0.6) is 0 Å². The average molecular weight is 176 g/mol. The Morgan fingerprint density at radius 3 is 2.36 bits per heavy atom. The highest BCUT2D eigenvalue weighted by Gasteiger charge is 2.27. The van der Waals surface area contributed by atoms with Crippen LogP contribution in [0.3, 0.4) is 0 Å². The molecule has 0 saturated heterocycles. The molecule has 11 heavy (non-hydrogen) atoms. The molecule has 0 spiro atoms. The van der Waals surface area contributed by atoms with Gasteiger partial charge in [0.05, 0.1) is 0 Å². The zero-order valence-corrected chi connectivity index (χ0v) is 8.10. The topological polar surface area (TPSA) is 37.3 Å². The summed E-state index contributed by atoms with van der Waals surface area (Å²) in [6, 6.07) is 0. The van der Waals surface area contributed by atoms with Crippen molar-refractivity contribution >= 4 is 8.03 Å². The normalized spacial score (nSPS) is 26.4. The van der Waals surface area contributed by atoms with Crippen LogP contribution in [0.25, 0.3) is 0 Å². The molecule has 1 fully saturated rings. The molecule has 3 heteroatoms. The highest BCUT2D eigenvalue weighted by Crippen LogP contribution is 2.40. The SMILES string of the molecule is CC1(C[PH](=O)O)CCCCC1. The third-order valence-electron chi connectivity index (χ3n) is 2.64. The molecule has 0 amide bonds. The van der Waals surface area contributed by atoms with E-state index in [0.29, 0.717) is 6.16 Å². The summed E-state index contributed by atoms with van der Waals surface area (Å²) in [6.45, 7) is 2.14. The van der Waals surface area contributed by atoms with Gasteiger partial charge >= 0.3 is 0 Å². The van der Waals surface area contributed by atoms with Gasteiger partial charge in [0.1, 0.15) is 0 Å². The minimum absolute atomic E-state index is 0.184. The van der Waals surface area contributed by atoms with E-state index in [4.69, 9.17) is 4.89 Å². The van der Waals surface area contributed by atoms with Gasteiger partial charge in [0, 0.05) is 6.16 Å². The molecule has 0 aromatic heterocycles. The molecule has 0 aliphatic heterocycles. The van der Waals surface area contributed by atoms with Crippen molar-refractivity contribution in [2.45, 2.75) is 39.0 Å². The smallest absolute Gasteiger partial charge is 0.189 e. The molecule has 1 saturated carbocycles. The standard InChI is InChI=1S/C8H17O2P/c1-8(7-11(9)10)5-3-2-4-6-8/h11H,2-7H2,1H3,(H,9,10). The molecule has 1 rings (SSSR count). The Balaban J connectivity index is 2.43. The Morgan fingerprint density at radius 2 is 1.91 bits per heavy atom. The summed E-state index contributed by atoms with van der Waals surface area (Å²) < 4.78 is 10.7. The Bertz CT molecular complexity index is 150. The van der Waals surface area contributed by atoms with Gasteiger partial charge in [0.25, 0.3) is 0 Å². The summed E-state index contributed by atoms with van der Waals surface area (Å²) in [5.74, 6) is 0. The number of rotatable bonds is 2. The molecule has 1 N–H and O–H groups in total. The van der Waals surface area contributed by atoms with Crippen LogP contribution < -0.4 is 0 Å². The van der Waals surface area contributed by atoms with E-state index in [0.717, 1.165) is 12.8 Å². The lowest BCUT2D eigenvalue weighted by atomic mass is 9.77. The van der Waals surface area contributed by atoms with Crippen molar-refractivity contribution < 1.29 is 9.46 Å². The summed E-state index contributed by atoms with van der Waals surface area (Å²) in [5, 5.41) is 0. The minimum Gasteiger partial charge on any atom is -0.346 e. The molecule has 0 bridgehead atoms. The second-order valence-corrected chi connectivity index (χ2v) is 5.08. The predicted octanol–water partition coefficient (Wildman–Crippen LogP) is 2.42. The summed E-state index contributed by atoms with van der Waals surface area (Å²) in [5.41, 5.74) is 0.184. The van der Waals surface area contributed by atoms with E-state index in [1.165, 1.54) is 19.3 Å². The summed E-state index contributed by atoms with van der Waals surface area (Å²) in [4.78, 5) is 8.82. The first-order chi connectivity index (χ1) is 5.12. The third kappa shape index (κ3) is 2.96. The molecular weight excluding hydrogens is 159 g/mol. The first kappa shape index (κ1) is 9.28. The van der Waals surface area contributed by atoms with Crippen LogP contribution in [0.1, 0.15) is 39.0 Å². The maximum atomic E-state index is 10.7. The van der Waals surface area contributed by atoms with Gasteiger partial charge in [-0.3, -0.25) is 4.57 Å². The highest BCUT2D eigenvalue weighted by molar-refractivity contribution is 7.38. The quantitative estimate of drug-likeness (QED) is 0.656. The van der Waals surface area contributed by atoms with Crippen molar-refractivity contribution in [1.29, 1.82) is 0 Å². The van der Waals surface area contributed by atoms with E-state index in [1.807, 2.05) is 0 Å². The van der Waals surface area contributed by atoms with Gasteiger partial charge in [-0.25, -0.2) is 0 Å². The molecule has 1 unspecified atom stereocenters. The average Bonchev–Trinajstić information content (AvgIpc) is 1.85. The van der Waals surface area contributed by atoms with Gasteiger partial charge in [0.2, 0.25) is 0 Å². The minimum atomic E-state index is -2.24. The van der Waals surface area contributed by atoms with Crippen molar-refractivity contribution in [3.63, 3.8) is 0 Å². The molecule has 1 atom stereocenters. The number of hydrogen-bond donors (Lipinski definition) is 1. The van der Waals surface area contributed by atoms with Crippen LogP contribution in [-0.2, 0) is 4.57 Å². The second kappa shape index (κ2) is 3.73. The van der Waals surface area contributed by atoms with E-state index in [2.05, 4.69) is 6.92 Å². The Labute approximate surface area is 68.9 Å². The largest absolute Gasteiger partial charge is 0.346 e. The van der Waals surface area contributed by atoms with Gasteiger partial charge in [-0.1, -0.05) is 26.2 Å². The molecular formula is C8H17O2P. The molecule has 2 nitrogen and oxygen atoms in total.